The molecule has 13 heteroatoms. The van der Waals surface area contributed by atoms with E-state index in [1.807, 2.05) is 0 Å². The zero-order valence-electron chi connectivity index (χ0n) is 20.8. The van der Waals surface area contributed by atoms with Gasteiger partial charge in [-0.2, -0.15) is 0 Å². The molecule has 200 valence electrons. The number of benzene rings is 4. The molecule has 0 fully saturated rings. The summed E-state index contributed by atoms with van der Waals surface area (Å²) in [7, 11) is 9.90. The molecule has 0 spiro atoms. The van der Waals surface area contributed by atoms with Gasteiger partial charge in [-0.15, -0.1) is 24.8 Å². The summed E-state index contributed by atoms with van der Waals surface area (Å²) in [5.74, 6) is -1.00. The molecule has 0 N–H and O–H groups in total. The van der Waals surface area contributed by atoms with Crippen molar-refractivity contribution in [1.82, 2.24) is 0 Å². The van der Waals surface area contributed by atoms with Gasteiger partial charge in [-0.25, -0.2) is 0 Å². The molecule has 2 aliphatic rings. The second-order valence-corrected chi connectivity index (χ2v) is 12.7. The van der Waals surface area contributed by atoms with Crippen molar-refractivity contribution in [1.29, 1.82) is 10.8 Å². The topological polar surface area (TPSA) is 125 Å². The summed E-state index contributed by atoms with van der Waals surface area (Å²) < 4.78 is 0. The molecule has 0 heterocycles. The molecule has 0 aromatic heterocycles. The van der Waals surface area contributed by atoms with Gasteiger partial charge in [-0.1, -0.05) is 60.7 Å². The number of hydrogen-bond donors (Lipinski definition) is 0. The van der Waals surface area contributed by atoms with Gasteiger partial charge in [0.2, 0.25) is 22.4 Å². The van der Waals surface area contributed by atoms with Crippen molar-refractivity contribution in [2.45, 2.75) is 0 Å². The number of hydrogen-bond acceptors (Lipinski definition) is 6. The Morgan fingerprint density at radius 3 is 1.02 bits per heavy atom. The Balaban J connectivity index is 0.000000251. The standard InChI is InChI=1S/2C14H7N2O2.4ClH.Zn/c2*15-16-11-7-3-6-10-12(11)14(18)9-5-2-1-4-8(9)13(10)17;;;;;/h2*1-7H;4*1H;/q2*+1;;;;;+2/p-2. The van der Waals surface area contributed by atoms with E-state index >= 15 is 0 Å². The molecular weight excluding hydrogens is 664 g/mol. The minimum atomic E-state index is -0.931. The third-order valence-corrected chi connectivity index (χ3v) is 6.08. The number of carbonyl (C=O) groups excluding carboxylic acids is 4. The van der Waals surface area contributed by atoms with Crippen LogP contribution in [-0.2, 0) is 15.1 Å². The van der Waals surface area contributed by atoms with E-state index in [1.165, 1.54) is 12.1 Å². The molecule has 0 atom stereocenters. The molecule has 0 saturated heterocycles. The number of halogens is 4. The first kappa shape index (κ1) is 33.4. The number of ketones is 4. The predicted molar refractivity (Wildman–Crippen MR) is 155 cm³/mol. The Labute approximate surface area is 261 Å². The van der Waals surface area contributed by atoms with Crippen LogP contribution in [0.2, 0.25) is 0 Å². The maximum atomic E-state index is 12.3. The number of nitrogens with zero attached hydrogens (tertiary/aromatic N) is 4. The summed E-state index contributed by atoms with van der Waals surface area (Å²) >= 11 is -0.931. The molecule has 2 aliphatic carbocycles. The molecule has 8 nitrogen and oxygen atoms in total. The van der Waals surface area contributed by atoms with Gasteiger partial charge in [0, 0.05) is 45.5 Å². The van der Waals surface area contributed by atoms with Crippen LogP contribution in [0.4, 0.5) is 11.4 Å². The van der Waals surface area contributed by atoms with E-state index in [-0.39, 0.29) is 81.6 Å². The van der Waals surface area contributed by atoms with Crippen LogP contribution in [0.25, 0.3) is 9.95 Å². The Morgan fingerprint density at radius 1 is 0.463 bits per heavy atom. The Morgan fingerprint density at radius 2 is 0.732 bits per heavy atom. The summed E-state index contributed by atoms with van der Waals surface area (Å²) in [5, 5.41) is 17.8. The minimum absolute atomic E-state index is 0. The Bertz CT molecular complexity index is 1650. The second-order valence-electron chi connectivity index (χ2n) is 8.11. The van der Waals surface area contributed by atoms with E-state index in [4.69, 9.17) is 30.2 Å². The summed E-state index contributed by atoms with van der Waals surface area (Å²) in [5.41, 5.74) is 2.66. The molecule has 0 unspecified atom stereocenters. The van der Waals surface area contributed by atoms with Gasteiger partial charge < -0.3 is 0 Å². The number of carbonyl (C=O) groups is 4. The van der Waals surface area contributed by atoms with Crippen LogP contribution >= 0.6 is 44.2 Å². The van der Waals surface area contributed by atoms with Crippen LogP contribution in [0, 0.1) is 10.8 Å². The van der Waals surface area contributed by atoms with E-state index in [9.17, 15) is 19.2 Å². The molecule has 0 bridgehead atoms. The molecule has 4 aromatic carbocycles. The number of rotatable bonds is 0. The summed E-state index contributed by atoms with van der Waals surface area (Å²) in [6, 6.07) is 22.6. The summed E-state index contributed by atoms with van der Waals surface area (Å²) in [6.07, 6.45) is 0. The number of fused-ring (bicyclic) bond motifs is 4. The van der Waals surface area contributed by atoms with Gasteiger partial charge in [0.1, 0.15) is 11.1 Å². The van der Waals surface area contributed by atoms with Crippen molar-refractivity contribution >= 4 is 78.7 Å². The van der Waals surface area contributed by atoms with Crippen molar-refractivity contribution in [3.8, 4) is 0 Å². The number of diazo groups is 2. The maximum absolute atomic E-state index is 12.3. The molecule has 0 amide bonds. The van der Waals surface area contributed by atoms with E-state index in [0.29, 0.717) is 22.3 Å². The van der Waals surface area contributed by atoms with Gasteiger partial charge >= 0.3 is 45.9 Å². The zero-order chi connectivity index (χ0) is 28.1. The average molecular weight is 680 g/mol. The first-order chi connectivity index (χ1) is 18.9. The fourth-order valence-corrected chi connectivity index (χ4v) is 4.42. The first-order valence-electron chi connectivity index (χ1n) is 11.3. The molecule has 0 aliphatic heterocycles. The predicted octanol–water partition coefficient (Wildman–Crippen LogP) is 8.11. The Kier molecular flexibility index (Phi) is 12.0. The quantitative estimate of drug-likeness (QED) is 0.118. The van der Waals surface area contributed by atoms with Gasteiger partial charge in [0.25, 0.3) is 0 Å². The van der Waals surface area contributed by atoms with E-state index in [1.54, 1.807) is 72.8 Å². The first-order valence-corrected chi connectivity index (χ1v) is 19.1. The van der Waals surface area contributed by atoms with Crippen molar-refractivity contribution in [3.63, 3.8) is 0 Å². The van der Waals surface area contributed by atoms with E-state index in [2.05, 4.69) is 9.95 Å². The van der Waals surface area contributed by atoms with Crippen molar-refractivity contribution in [3.05, 3.63) is 139 Å². The fourth-order valence-electron chi connectivity index (χ4n) is 4.42. The molecule has 0 radical (unpaired) electrons. The Hall–Kier alpha value is -3.82. The van der Waals surface area contributed by atoms with E-state index in [0.717, 1.165) is 0 Å². The van der Waals surface area contributed by atoms with Gasteiger partial charge in [-0.3, -0.25) is 19.2 Å². The average Bonchev–Trinajstić information content (AvgIpc) is 2.98. The third kappa shape index (κ3) is 6.26. The summed E-state index contributed by atoms with van der Waals surface area (Å²) in [4.78, 5) is 55.2. The van der Waals surface area contributed by atoms with Gasteiger partial charge in [0.05, 0.1) is 0 Å². The van der Waals surface area contributed by atoms with Crippen LogP contribution in [0.3, 0.4) is 0 Å². The van der Waals surface area contributed by atoms with Gasteiger partial charge in [-0.05, 0) is 12.1 Å². The van der Waals surface area contributed by atoms with Crippen LogP contribution in [0.1, 0.15) is 63.7 Å². The van der Waals surface area contributed by atoms with Gasteiger partial charge in [0.15, 0.2) is 21.5 Å². The van der Waals surface area contributed by atoms with Crippen LogP contribution in [0.15, 0.2) is 84.9 Å². The zero-order valence-corrected chi connectivity index (χ0v) is 26.9. The molecule has 0 saturated carbocycles. The monoisotopic (exact) mass is 676 g/mol. The molecule has 6 rings (SSSR count). The van der Waals surface area contributed by atoms with Crippen molar-refractivity contribution < 1.29 is 34.3 Å². The van der Waals surface area contributed by atoms with E-state index < -0.39 is 15.1 Å². The normalized spacial score (nSPS) is 11.3. The molecular formula is C28H16Cl4N4O4Zn+2. The summed E-state index contributed by atoms with van der Waals surface area (Å²) in [6.45, 7) is 0. The third-order valence-electron chi connectivity index (χ3n) is 6.08. The van der Waals surface area contributed by atoms with Crippen LogP contribution in [-0.4, -0.2) is 23.1 Å². The second kappa shape index (κ2) is 14.7. The molecule has 4 aromatic rings. The SMILES string of the molecule is Cl.Cl.N#[N+]c1cccc2c1C(=O)c1ccccc1C2=O.N#[N+]c1cccc2c1C(=O)c1ccccc1C2=O.[Cl][Zn][Cl]. The molecule has 41 heavy (non-hydrogen) atoms. The van der Waals surface area contributed by atoms with Crippen molar-refractivity contribution in [2.75, 3.05) is 0 Å². The van der Waals surface area contributed by atoms with Crippen molar-refractivity contribution in [2.24, 2.45) is 0 Å². The van der Waals surface area contributed by atoms with Crippen LogP contribution < -0.4 is 0 Å². The fraction of sp³-hybridized carbons (Fsp3) is 0. The van der Waals surface area contributed by atoms with Crippen LogP contribution in [0.5, 0.6) is 0 Å².